The van der Waals surface area contributed by atoms with Crippen LogP contribution in [0.3, 0.4) is 0 Å². The fourth-order valence-electron chi connectivity index (χ4n) is 4.11. The molecule has 7 nitrogen and oxygen atoms in total. The van der Waals surface area contributed by atoms with Crippen LogP contribution in [0.1, 0.15) is 12.5 Å². The van der Waals surface area contributed by atoms with Crippen molar-refractivity contribution in [2.75, 3.05) is 26.2 Å². The summed E-state index contributed by atoms with van der Waals surface area (Å²) in [7, 11) is 0. The van der Waals surface area contributed by atoms with Crippen LogP contribution in [0.5, 0.6) is 0 Å². The molecule has 0 bridgehead atoms. The molecule has 2 aromatic rings. The van der Waals surface area contributed by atoms with Gasteiger partial charge in [-0.1, -0.05) is 0 Å². The van der Waals surface area contributed by atoms with E-state index >= 15 is 0 Å². The summed E-state index contributed by atoms with van der Waals surface area (Å²) in [6.07, 6.45) is 4.94. The van der Waals surface area contributed by atoms with Gasteiger partial charge >= 0.3 is 6.09 Å². The summed E-state index contributed by atoms with van der Waals surface area (Å²) < 4.78 is 1.98. The lowest BCUT2D eigenvalue weighted by Gasteiger charge is -2.19. The van der Waals surface area contributed by atoms with Crippen LogP contribution in [0, 0.1) is 11.8 Å². The zero-order valence-electron chi connectivity index (χ0n) is 14.4. The van der Waals surface area contributed by atoms with Gasteiger partial charge < -0.3 is 10.0 Å². The highest BCUT2D eigenvalue weighted by atomic mass is 16.4. The van der Waals surface area contributed by atoms with Crippen molar-refractivity contribution in [1.82, 2.24) is 24.6 Å². The van der Waals surface area contributed by atoms with Gasteiger partial charge in [-0.15, -0.1) is 0 Å². The molecule has 4 heterocycles. The van der Waals surface area contributed by atoms with Crippen LogP contribution in [0.25, 0.3) is 11.3 Å². The molecule has 2 aliphatic rings. The number of rotatable bonds is 4. The Morgan fingerprint density at radius 1 is 1.20 bits per heavy atom. The van der Waals surface area contributed by atoms with Gasteiger partial charge in [-0.05, 0) is 30.9 Å². The quantitative estimate of drug-likeness (QED) is 0.921. The third-order valence-electron chi connectivity index (χ3n) is 5.34. The average Bonchev–Trinajstić information content (AvgIpc) is 3.28. The van der Waals surface area contributed by atoms with Crippen LogP contribution in [-0.2, 0) is 13.1 Å². The maximum absolute atomic E-state index is 11.1. The third kappa shape index (κ3) is 3.11. The molecule has 7 heteroatoms. The van der Waals surface area contributed by atoms with E-state index in [-0.39, 0.29) is 0 Å². The number of aromatic nitrogens is 3. The van der Waals surface area contributed by atoms with Crippen LogP contribution >= 0.6 is 0 Å². The lowest BCUT2D eigenvalue weighted by molar-refractivity contribution is 0.148. The first kappa shape index (κ1) is 16.1. The molecule has 2 fully saturated rings. The predicted octanol–water partition coefficient (Wildman–Crippen LogP) is 2.01. The first-order valence-electron chi connectivity index (χ1n) is 8.81. The fourth-order valence-corrected chi connectivity index (χ4v) is 4.11. The number of pyridine rings is 1. The summed E-state index contributed by atoms with van der Waals surface area (Å²) in [5.74, 6) is 0.920. The van der Waals surface area contributed by atoms with Gasteiger partial charge in [0.2, 0.25) is 0 Å². The van der Waals surface area contributed by atoms with Crippen molar-refractivity contribution in [2.24, 2.45) is 11.8 Å². The minimum absolute atomic E-state index is 0.460. The second-order valence-electron chi connectivity index (χ2n) is 7.00. The van der Waals surface area contributed by atoms with Gasteiger partial charge in [0.1, 0.15) is 0 Å². The van der Waals surface area contributed by atoms with Crippen molar-refractivity contribution >= 4 is 6.09 Å². The Bertz CT molecular complexity index is 746. The summed E-state index contributed by atoms with van der Waals surface area (Å²) in [5.41, 5.74) is 3.34. The van der Waals surface area contributed by atoms with Gasteiger partial charge in [-0.25, -0.2) is 4.79 Å². The number of likely N-dealkylation sites (tertiary alicyclic amines) is 2. The third-order valence-corrected chi connectivity index (χ3v) is 5.34. The monoisotopic (exact) mass is 341 g/mol. The van der Waals surface area contributed by atoms with E-state index < -0.39 is 6.09 Å². The summed E-state index contributed by atoms with van der Waals surface area (Å²) in [6.45, 7) is 7.05. The molecule has 2 atom stereocenters. The normalized spacial score (nSPS) is 23.2. The molecule has 2 unspecified atom stereocenters. The predicted molar refractivity (Wildman–Crippen MR) is 93.0 cm³/mol. The average molecular weight is 341 g/mol. The van der Waals surface area contributed by atoms with Gasteiger partial charge in [-0.3, -0.25) is 14.6 Å². The van der Waals surface area contributed by atoms with Crippen molar-refractivity contribution in [3.63, 3.8) is 0 Å². The van der Waals surface area contributed by atoms with Gasteiger partial charge in [0.25, 0.3) is 0 Å². The van der Waals surface area contributed by atoms with Crippen molar-refractivity contribution in [2.45, 2.75) is 20.0 Å². The molecular weight excluding hydrogens is 318 g/mol. The maximum atomic E-state index is 11.1. The number of hydrogen-bond acceptors (Lipinski definition) is 4. The molecular formula is C18H23N5O2. The number of aryl methyl sites for hydroxylation is 1. The minimum atomic E-state index is -0.787. The molecule has 25 heavy (non-hydrogen) atoms. The van der Waals surface area contributed by atoms with Crippen LogP contribution < -0.4 is 0 Å². The van der Waals surface area contributed by atoms with E-state index in [1.807, 2.05) is 16.8 Å². The molecule has 1 amide bonds. The van der Waals surface area contributed by atoms with E-state index in [9.17, 15) is 4.79 Å². The number of carbonyl (C=O) groups is 1. The Balaban J connectivity index is 1.49. The van der Waals surface area contributed by atoms with Gasteiger partial charge in [0, 0.05) is 69.0 Å². The summed E-state index contributed by atoms with van der Waals surface area (Å²) >= 11 is 0. The highest BCUT2D eigenvalue weighted by Crippen LogP contribution is 2.33. The second kappa shape index (κ2) is 6.48. The lowest BCUT2D eigenvalue weighted by atomic mass is 10.0. The molecule has 0 aliphatic carbocycles. The highest BCUT2D eigenvalue weighted by molar-refractivity contribution is 5.65. The SMILES string of the molecule is CCn1cc(CN2CC3CN(C(=O)O)CC3C2)c(-c2ccncc2)n1. The smallest absolute Gasteiger partial charge is 0.407 e. The summed E-state index contributed by atoms with van der Waals surface area (Å²) in [5, 5.41) is 13.9. The first-order chi connectivity index (χ1) is 12.1. The second-order valence-corrected chi connectivity index (χ2v) is 7.00. The Hall–Kier alpha value is -2.41. The van der Waals surface area contributed by atoms with E-state index in [1.165, 1.54) is 5.56 Å². The first-order valence-corrected chi connectivity index (χ1v) is 8.81. The van der Waals surface area contributed by atoms with E-state index in [2.05, 4.69) is 23.0 Å². The number of hydrogen-bond donors (Lipinski definition) is 1. The van der Waals surface area contributed by atoms with Gasteiger partial charge in [0.05, 0.1) is 5.69 Å². The number of nitrogens with zero attached hydrogens (tertiary/aromatic N) is 5. The zero-order valence-corrected chi connectivity index (χ0v) is 14.4. The Morgan fingerprint density at radius 3 is 2.48 bits per heavy atom. The maximum Gasteiger partial charge on any atom is 0.407 e. The molecule has 4 rings (SSSR count). The van der Waals surface area contributed by atoms with Crippen LogP contribution in [0.15, 0.2) is 30.7 Å². The molecule has 1 N–H and O–H groups in total. The minimum Gasteiger partial charge on any atom is -0.465 e. The Labute approximate surface area is 146 Å². The van der Waals surface area contributed by atoms with Crippen LogP contribution in [0.2, 0.25) is 0 Å². The van der Waals surface area contributed by atoms with Crippen molar-refractivity contribution in [1.29, 1.82) is 0 Å². The topological polar surface area (TPSA) is 74.5 Å². The standard InChI is InChI=1S/C18H23N5O2/c1-2-23-12-16(17(20-23)13-3-5-19-6-4-13)9-21-7-14-10-22(18(24)25)11-15(14)8-21/h3-6,12,14-15H,2,7-11H2,1H3,(H,24,25). The van der Waals surface area contributed by atoms with E-state index in [4.69, 9.17) is 10.2 Å². The zero-order chi connectivity index (χ0) is 17.4. The fraction of sp³-hybridized carbons (Fsp3) is 0.500. The molecule has 0 spiro atoms. The molecule has 132 valence electrons. The number of amides is 1. The Morgan fingerprint density at radius 2 is 1.88 bits per heavy atom. The van der Waals surface area contributed by atoms with Gasteiger partial charge in [0.15, 0.2) is 0 Å². The lowest BCUT2D eigenvalue weighted by Crippen LogP contribution is -2.32. The molecule has 0 saturated carbocycles. The van der Waals surface area contributed by atoms with Crippen molar-refractivity contribution in [3.05, 3.63) is 36.3 Å². The van der Waals surface area contributed by atoms with Crippen molar-refractivity contribution in [3.8, 4) is 11.3 Å². The Kier molecular flexibility index (Phi) is 4.17. The number of carboxylic acid groups (broad SMARTS) is 1. The van der Waals surface area contributed by atoms with E-state index in [1.54, 1.807) is 17.3 Å². The van der Waals surface area contributed by atoms with E-state index in [0.717, 1.165) is 37.4 Å². The van der Waals surface area contributed by atoms with E-state index in [0.29, 0.717) is 24.9 Å². The molecule has 0 radical (unpaired) electrons. The summed E-state index contributed by atoms with van der Waals surface area (Å²) in [6, 6.07) is 3.99. The molecule has 2 aromatic heterocycles. The largest absolute Gasteiger partial charge is 0.465 e. The van der Waals surface area contributed by atoms with Crippen LogP contribution in [-0.4, -0.2) is 61.9 Å². The molecule has 0 aromatic carbocycles. The molecule has 2 aliphatic heterocycles. The summed E-state index contributed by atoms with van der Waals surface area (Å²) in [4.78, 5) is 19.2. The molecule has 2 saturated heterocycles. The highest BCUT2D eigenvalue weighted by Gasteiger charge is 2.41. The van der Waals surface area contributed by atoms with Gasteiger partial charge in [-0.2, -0.15) is 5.10 Å². The van der Waals surface area contributed by atoms with Crippen molar-refractivity contribution < 1.29 is 9.90 Å². The number of fused-ring (bicyclic) bond motifs is 1. The van der Waals surface area contributed by atoms with Crippen LogP contribution in [0.4, 0.5) is 4.79 Å².